The molecule has 4 heterocycles. The van der Waals surface area contributed by atoms with Crippen LogP contribution in [0.25, 0.3) is 11.0 Å². The minimum absolute atomic E-state index is 0. The first-order chi connectivity index (χ1) is 12.1. The van der Waals surface area contributed by atoms with Crippen LogP contribution >= 0.6 is 24.2 Å². The molecular weight excluding hydrogens is 376 g/mol. The lowest BCUT2D eigenvalue weighted by Crippen LogP contribution is -2.51. The van der Waals surface area contributed by atoms with Crippen LogP contribution in [0.2, 0.25) is 0 Å². The van der Waals surface area contributed by atoms with Gasteiger partial charge in [0.05, 0.1) is 16.4 Å². The second kappa shape index (κ2) is 7.83. The van der Waals surface area contributed by atoms with Crippen LogP contribution in [0.15, 0.2) is 29.7 Å². The molecule has 0 saturated carbocycles. The highest BCUT2D eigenvalue weighted by atomic mass is 35.5. The maximum atomic E-state index is 12.8. The number of hydrogen-bond donors (Lipinski definition) is 3. The summed E-state index contributed by atoms with van der Waals surface area (Å²) in [6, 6.07) is 1.75. The minimum Gasteiger partial charge on any atom is -0.391 e. The number of nitrogens with one attached hydrogen (secondary N) is 1. The Morgan fingerprint density at radius 1 is 1.38 bits per heavy atom. The van der Waals surface area contributed by atoms with Crippen LogP contribution in [0.3, 0.4) is 0 Å². The Kier molecular flexibility index (Phi) is 5.71. The number of aliphatic hydroxyl groups excluding tert-OH is 1. The number of carbonyl (C=O) groups excluding carboxylic acids is 1. The van der Waals surface area contributed by atoms with E-state index in [2.05, 4.69) is 15.0 Å². The summed E-state index contributed by atoms with van der Waals surface area (Å²) in [5, 5.41) is 10.8. The van der Waals surface area contributed by atoms with Crippen molar-refractivity contribution >= 4 is 46.9 Å². The lowest BCUT2D eigenvalue weighted by Gasteiger charge is -2.35. The van der Waals surface area contributed by atoms with E-state index in [9.17, 15) is 9.90 Å². The number of nitrogens with two attached hydrogens (primary N) is 1. The molecule has 1 fully saturated rings. The van der Waals surface area contributed by atoms with Gasteiger partial charge in [0.2, 0.25) is 0 Å². The molecule has 0 aliphatic carbocycles. The summed E-state index contributed by atoms with van der Waals surface area (Å²) in [7, 11) is 0. The highest BCUT2D eigenvalue weighted by molar-refractivity contribution is 8.04. The molecular formula is C16H21ClN6O2S. The fourth-order valence-electron chi connectivity index (χ4n) is 3.30. The number of H-pyrrole nitrogens is 1. The third-order valence-corrected chi connectivity index (χ3v) is 5.40. The van der Waals surface area contributed by atoms with E-state index in [0.717, 1.165) is 29.1 Å². The van der Waals surface area contributed by atoms with Gasteiger partial charge in [-0.05, 0) is 12.5 Å². The van der Waals surface area contributed by atoms with Crippen LogP contribution in [-0.2, 0) is 4.79 Å². The van der Waals surface area contributed by atoms with Crippen molar-refractivity contribution in [1.82, 2.24) is 19.9 Å². The average Bonchev–Trinajstić information content (AvgIpc) is 3.09. The fraction of sp³-hybridized carbons (Fsp3) is 0.438. The Hall–Kier alpha value is -1.81. The van der Waals surface area contributed by atoms with E-state index in [1.807, 2.05) is 23.4 Å². The minimum atomic E-state index is -0.556. The van der Waals surface area contributed by atoms with Crippen molar-refractivity contribution in [3.63, 3.8) is 0 Å². The van der Waals surface area contributed by atoms with Crippen molar-refractivity contribution in [2.75, 3.05) is 30.3 Å². The number of halogens is 1. The topological polar surface area (TPSA) is 111 Å². The number of nitrogens with zero attached hydrogens (tertiary/aromatic N) is 4. The van der Waals surface area contributed by atoms with Gasteiger partial charge in [0.1, 0.15) is 17.8 Å². The van der Waals surface area contributed by atoms with E-state index >= 15 is 0 Å². The van der Waals surface area contributed by atoms with Crippen LogP contribution in [-0.4, -0.2) is 68.4 Å². The van der Waals surface area contributed by atoms with E-state index < -0.39 is 6.10 Å². The molecule has 8 nitrogen and oxygen atoms in total. The zero-order valence-corrected chi connectivity index (χ0v) is 15.7. The molecule has 140 valence electrons. The Bertz CT molecular complexity index is 818. The van der Waals surface area contributed by atoms with Gasteiger partial charge in [-0.15, -0.1) is 24.2 Å². The molecule has 2 atom stereocenters. The second-order valence-corrected chi connectivity index (χ2v) is 7.47. The largest absolute Gasteiger partial charge is 0.391 e. The molecule has 26 heavy (non-hydrogen) atoms. The summed E-state index contributed by atoms with van der Waals surface area (Å²) in [4.78, 5) is 28.8. The summed E-state index contributed by atoms with van der Waals surface area (Å²) in [6.45, 7) is 1.57. The average molecular weight is 397 g/mol. The van der Waals surface area contributed by atoms with Crippen molar-refractivity contribution in [2.24, 2.45) is 5.73 Å². The number of carbonyl (C=O) groups is 1. The number of aliphatic hydroxyl groups is 1. The number of amides is 1. The summed E-state index contributed by atoms with van der Waals surface area (Å²) >= 11 is 1.53. The van der Waals surface area contributed by atoms with Crippen molar-refractivity contribution < 1.29 is 9.90 Å². The Balaban J connectivity index is 0.00000196. The van der Waals surface area contributed by atoms with Crippen molar-refractivity contribution in [1.29, 1.82) is 0 Å². The van der Waals surface area contributed by atoms with Gasteiger partial charge in [0.15, 0.2) is 0 Å². The molecule has 4 rings (SSSR count). The first kappa shape index (κ1) is 19.0. The van der Waals surface area contributed by atoms with E-state index in [1.165, 1.54) is 18.1 Å². The van der Waals surface area contributed by atoms with Gasteiger partial charge >= 0.3 is 0 Å². The van der Waals surface area contributed by atoms with Gasteiger partial charge in [-0.25, -0.2) is 9.97 Å². The molecule has 0 radical (unpaired) electrons. The zero-order chi connectivity index (χ0) is 17.4. The standard InChI is InChI=1S/C16H20N6O2S.ClH/c17-10-5-11(23)7-22(6-10)16(24)13-8-21(3-4-25-13)15-12-1-2-18-14(12)19-9-20-15;/h1-2,8-11,23H,3-7,17H2,(H,18,19,20);1H/t10-,11-;/m1./s1. The number of anilines is 1. The van der Waals surface area contributed by atoms with Gasteiger partial charge in [0, 0.05) is 43.8 Å². The molecule has 2 aromatic heterocycles. The van der Waals surface area contributed by atoms with Crippen molar-refractivity contribution in [2.45, 2.75) is 18.6 Å². The summed E-state index contributed by atoms with van der Waals surface area (Å²) in [6.07, 6.45) is 5.17. The number of piperidine rings is 1. The predicted octanol–water partition coefficient (Wildman–Crippen LogP) is 0.695. The normalized spacial score (nSPS) is 23.5. The van der Waals surface area contributed by atoms with E-state index in [-0.39, 0.29) is 24.4 Å². The van der Waals surface area contributed by atoms with E-state index in [0.29, 0.717) is 24.4 Å². The molecule has 2 aliphatic rings. The van der Waals surface area contributed by atoms with E-state index in [1.54, 1.807) is 4.90 Å². The molecule has 1 saturated heterocycles. The SMILES string of the molecule is Cl.N[C@@H]1C[C@@H](O)CN(C(=O)C2=CN(c3ncnc4[nH]ccc34)CCS2)C1. The molecule has 0 bridgehead atoms. The number of likely N-dealkylation sites (tertiary alicyclic amines) is 1. The van der Waals surface area contributed by atoms with Crippen molar-refractivity contribution in [3.8, 4) is 0 Å². The highest BCUT2D eigenvalue weighted by Gasteiger charge is 2.30. The van der Waals surface area contributed by atoms with Crippen LogP contribution in [0.1, 0.15) is 6.42 Å². The lowest BCUT2D eigenvalue weighted by molar-refractivity contribution is -0.129. The smallest absolute Gasteiger partial charge is 0.261 e. The maximum Gasteiger partial charge on any atom is 0.261 e. The predicted molar refractivity (Wildman–Crippen MR) is 104 cm³/mol. The fourth-order valence-corrected chi connectivity index (χ4v) is 4.26. The van der Waals surface area contributed by atoms with Crippen LogP contribution in [0, 0.1) is 0 Å². The number of hydrogen-bond acceptors (Lipinski definition) is 7. The van der Waals surface area contributed by atoms with Crippen LogP contribution < -0.4 is 10.6 Å². The third kappa shape index (κ3) is 3.66. The first-order valence-electron chi connectivity index (χ1n) is 8.24. The van der Waals surface area contributed by atoms with Gasteiger partial charge in [-0.2, -0.15) is 0 Å². The summed E-state index contributed by atoms with van der Waals surface area (Å²) < 4.78 is 0. The molecule has 2 aromatic rings. The molecule has 10 heteroatoms. The number of β-amino-alcohol motifs (C(OH)–C–C–N with tert-alkyl or cyclic N) is 1. The molecule has 0 unspecified atom stereocenters. The summed E-state index contributed by atoms with van der Waals surface area (Å²) in [5.41, 5.74) is 6.71. The van der Waals surface area contributed by atoms with E-state index in [4.69, 9.17) is 5.73 Å². The van der Waals surface area contributed by atoms with Gasteiger partial charge < -0.3 is 25.6 Å². The van der Waals surface area contributed by atoms with Gasteiger partial charge in [-0.3, -0.25) is 4.79 Å². The van der Waals surface area contributed by atoms with Crippen LogP contribution in [0.5, 0.6) is 0 Å². The Morgan fingerprint density at radius 2 is 2.23 bits per heavy atom. The number of rotatable bonds is 2. The quantitative estimate of drug-likeness (QED) is 0.684. The Labute approximate surface area is 161 Å². The number of aromatic nitrogens is 3. The lowest BCUT2D eigenvalue weighted by atomic mass is 10.0. The van der Waals surface area contributed by atoms with Crippen molar-refractivity contribution in [3.05, 3.63) is 29.7 Å². The molecule has 4 N–H and O–H groups in total. The zero-order valence-electron chi connectivity index (χ0n) is 14.0. The van der Waals surface area contributed by atoms with Crippen LogP contribution in [0.4, 0.5) is 5.82 Å². The molecule has 2 aliphatic heterocycles. The molecule has 0 spiro atoms. The number of fused-ring (bicyclic) bond motifs is 1. The highest BCUT2D eigenvalue weighted by Crippen LogP contribution is 2.30. The van der Waals surface area contributed by atoms with Gasteiger partial charge in [-0.1, -0.05) is 0 Å². The summed E-state index contributed by atoms with van der Waals surface area (Å²) in [5.74, 6) is 1.49. The molecule has 0 aromatic carbocycles. The second-order valence-electron chi connectivity index (χ2n) is 6.33. The maximum absolute atomic E-state index is 12.8. The monoisotopic (exact) mass is 396 g/mol. The molecule has 1 amide bonds. The Morgan fingerprint density at radius 3 is 3.04 bits per heavy atom. The number of aromatic amines is 1. The first-order valence-corrected chi connectivity index (χ1v) is 9.22. The van der Waals surface area contributed by atoms with Gasteiger partial charge in [0.25, 0.3) is 5.91 Å². The number of thioether (sulfide) groups is 1. The third-order valence-electron chi connectivity index (χ3n) is 4.43.